The maximum Gasteiger partial charge on any atom is 0.213 e. The van der Waals surface area contributed by atoms with Gasteiger partial charge in [0.2, 0.25) is 5.88 Å². The zero-order valence-corrected chi connectivity index (χ0v) is 9.52. The largest absolute Gasteiger partial charge is 0.481 e. The molecule has 0 fully saturated rings. The van der Waals surface area contributed by atoms with E-state index in [0.717, 1.165) is 24.8 Å². The van der Waals surface area contributed by atoms with Crippen molar-refractivity contribution < 1.29 is 9.84 Å². The number of methoxy groups -OCH3 is 1. The molecular weight excluding hydrogens is 202 g/mol. The number of aromatic nitrogens is 1. The Balaban J connectivity index is 2.19. The van der Waals surface area contributed by atoms with Crippen molar-refractivity contribution in [3.05, 3.63) is 35.5 Å². The Kier molecular flexibility index (Phi) is 3.57. The summed E-state index contributed by atoms with van der Waals surface area (Å²) in [7, 11) is 1.58. The molecule has 3 nitrogen and oxygen atoms in total. The summed E-state index contributed by atoms with van der Waals surface area (Å²) >= 11 is 0. The topological polar surface area (TPSA) is 42.4 Å². The van der Waals surface area contributed by atoms with Gasteiger partial charge in [0.1, 0.15) is 6.10 Å². The molecule has 0 spiro atoms. The molecule has 0 aromatic carbocycles. The van der Waals surface area contributed by atoms with Gasteiger partial charge in [-0.05, 0) is 37.3 Å². The van der Waals surface area contributed by atoms with Gasteiger partial charge in [-0.3, -0.25) is 0 Å². The Morgan fingerprint density at radius 1 is 1.38 bits per heavy atom. The normalized spacial score (nSPS) is 17.8. The highest BCUT2D eigenvalue weighted by Gasteiger charge is 2.16. The Labute approximate surface area is 95.8 Å². The molecule has 1 aromatic heterocycles. The SMILES string of the molecule is COc1cccc(C(O)C2=CCCCC2)n1. The Hall–Kier alpha value is -1.35. The number of hydrogen-bond acceptors (Lipinski definition) is 3. The summed E-state index contributed by atoms with van der Waals surface area (Å²) in [6, 6.07) is 5.47. The highest BCUT2D eigenvalue weighted by molar-refractivity contribution is 5.24. The van der Waals surface area contributed by atoms with Crippen molar-refractivity contribution in [2.75, 3.05) is 7.11 Å². The molecule has 16 heavy (non-hydrogen) atoms. The molecule has 1 N–H and O–H groups in total. The van der Waals surface area contributed by atoms with E-state index in [1.807, 2.05) is 12.1 Å². The Bertz CT molecular complexity index is 387. The molecule has 1 aromatic rings. The average molecular weight is 219 g/mol. The summed E-state index contributed by atoms with van der Waals surface area (Å²) in [6.07, 6.45) is 5.98. The molecule has 0 bridgehead atoms. The third-order valence-corrected chi connectivity index (χ3v) is 2.91. The van der Waals surface area contributed by atoms with Crippen LogP contribution in [-0.4, -0.2) is 17.2 Å². The fourth-order valence-corrected chi connectivity index (χ4v) is 2.00. The summed E-state index contributed by atoms with van der Waals surface area (Å²) in [5.74, 6) is 0.549. The van der Waals surface area contributed by atoms with E-state index in [2.05, 4.69) is 11.1 Å². The van der Waals surface area contributed by atoms with Crippen molar-refractivity contribution in [3.8, 4) is 5.88 Å². The van der Waals surface area contributed by atoms with E-state index in [-0.39, 0.29) is 0 Å². The predicted molar refractivity (Wildman–Crippen MR) is 62.3 cm³/mol. The molecule has 2 rings (SSSR count). The zero-order valence-electron chi connectivity index (χ0n) is 9.52. The van der Waals surface area contributed by atoms with Crippen LogP contribution in [0.4, 0.5) is 0 Å². The van der Waals surface area contributed by atoms with E-state index in [9.17, 15) is 5.11 Å². The van der Waals surface area contributed by atoms with Crippen molar-refractivity contribution >= 4 is 0 Å². The minimum Gasteiger partial charge on any atom is -0.481 e. The van der Waals surface area contributed by atoms with Crippen LogP contribution in [0.25, 0.3) is 0 Å². The van der Waals surface area contributed by atoms with Gasteiger partial charge in [0.25, 0.3) is 0 Å². The Morgan fingerprint density at radius 3 is 2.94 bits per heavy atom. The number of hydrogen-bond donors (Lipinski definition) is 1. The van der Waals surface area contributed by atoms with Gasteiger partial charge in [-0.1, -0.05) is 12.1 Å². The highest BCUT2D eigenvalue weighted by Crippen LogP contribution is 2.29. The molecule has 3 heteroatoms. The van der Waals surface area contributed by atoms with E-state index in [0.29, 0.717) is 11.6 Å². The second-order valence-corrected chi connectivity index (χ2v) is 4.03. The molecule has 0 amide bonds. The molecule has 0 saturated heterocycles. The molecule has 0 aliphatic heterocycles. The fourth-order valence-electron chi connectivity index (χ4n) is 2.00. The molecule has 1 atom stereocenters. The third kappa shape index (κ3) is 2.42. The van der Waals surface area contributed by atoms with Crippen LogP contribution in [0.1, 0.15) is 37.5 Å². The van der Waals surface area contributed by atoms with Crippen LogP contribution >= 0.6 is 0 Å². The van der Waals surface area contributed by atoms with Crippen LogP contribution in [0.15, 0.2) is 29.8 Å². The van der Waals surface area contributed by atoms with Crippen molar-refractivity contribution in [2.45, 2.75) is 31.8 Å². The van der Waals surface area contributed by atoms with E-state index in [1.54, 1.807) is 13.2 Å². The van der Waals surface area contributed by atoms with Gasteiger partial charge in [0.05, 0.1) is 12.8 Å². The summed E-state index contributed by atoms with van der Waals surface area (Å²) in [6.45, 7) is 0. The van der Waals surface area contributed by atoms with Crippen LogP contribution in [0.5, 0.6) is 5.88 Å². The lowest BCUT2D eigenvalue weighted by Crippen LogP contribution is -2.07. The zero-order chi connectivity index (χ0) is 11.4. The van der Waals surface area contributed by atoms with Crippen molar-refractivity contribution in [2.24, 2.45) is 0 Å². The maximum atomic E-state index is 10.2. The minimum absolute atomic E-state index is 0.549. The molecular formula is C13H17NO2. The van der Waals surface area contributed by atoms with Gasteiger partial charge in [-0.25, -0.2) is 4.98 Å². The minimum atomic E-state index is -0.574. The first-order valence-electron chi connectivity index (χ1n) is 5.69. The van der Waals surface area contributed by atoms with Gasteiger partial charge in [0.15, 0.2) is 0 Å². The van der Waals surface area contributed by atoms with Gasteiger partial charge in [0, 0.05) is 6.07 Å². The van der Waals surface area contributed by atoms with Crippen LogP contribution in [0.3, 0.4) is 0 Å². The number of rotatable bonds is 3. The van der Waals surface area contributed by atoms with Gasteiger partial charge in [-0.15, -0.1) is 0 Å². The second-order valence-electron chi connectivity index (χ2n) is 4.03. The number of pyridine rings is 1. The summed E-state index contributed by atoms with van der Waals surface area (Å²) in [5, 5.41) is 10.2. The third-order valence-electron chi connectivity index (χ3n) is 2.91. The van der Waals surface area contributed by atoms with Crippen molar-refractivity contribution in [3.63, 3.8) is 0 Å². The molecule has 0 saturated carbocycles. The van der Waals surface area contributed by atoms with Crippen LogP contribution < -0.4 is 4.74 Å². The fraction of sp³-hybridized carbons (Fsp3) is 0.462. The predicted octanol–water partition coefficient (Wildman–Crippen LogP) is 2.62. The van der Waals surface area contributed by atoms with Gasteiger partial charge < -0.3 is 9.84 Å². The number of ether oxygens (including phenoxy) is 1. The number of allylic oxidation sites excluding steroid dienone is 1. The lowest BCUT2D eigenvalue weighted by molar-refractivity contribution is 0.202. The molecule has 1 heterocycles. The first-order valence-corrected chi connectivity index (χ1v) is 5.69. The quantitative estimate of drug-likeness (QED) is 0.795. The van der Waals surface area contributed by atoms with Crippen LogP contribution in [-0.2, 0) is 0 Å². The standard InChI is InChI=1S/C13H17NO2/c1-16-12-9-5-8-11(14-12)13(15)10-6-3-2-4-7-10/h5-6,8-9,13,15H,2-4,7H2,1H3. The van der Waals surface area contributed by atoms with Crippen LogP contribution in [0, 0.1) is 0 Å². The van der Waals surface area contributed by atoms with E-state index in [4.69, 9.17) is 4.74 Å². The number of aliphatic hydroxyl groups excluding tert-OH is 1. The molecule has 86 valence electrons. The Morgan fingerprint density at radius 2 is 2.25 bits per heavy atom. The first kappa shape index (κ1) is 11.1. The first-order chi connectivity index (χ1) is 7.81. The van der Waals surface area contributed by atoms with Gasteiger partial charge >= 0.3 is 0 Å². The van der Waals surface area contributed by atoms with Crippen LogP contribution in [0.2, 0.25) is 0 Å². The number of nitrogens with zero attached hydrogens (tertiary/aromatic N) is 1. The second kappa shape index (κ2) is 5.12. The summed E-state index contributed by atoms with van der Waals surface area (Å²) < 4.78 is 5.05. The average Bonchev–Trinajstić information content (AvgIpc) is 2.39. The smallest absolute Gasteiger partial charge is 0.213 e. The van der Waals surface area contributed by atoms with E-state index in [1.165, 1.54) is 6.42 Å². The highest BCUT2D eigenvalue weighted by atomic mass is 16.5. The molecule has 1 aliphatic rings. The monoisotopic (exact) mass is 219 g/mol. The number of aliphatic hydroxyl groups is 1. The van der Waals surface area contributed by atoms with Crippen molar-refractivity contribution in [1.29, 1.82) is 0 Å². The summed E-state index contributed by atoms with van der Waals surface area (Å²) in [5.41, 5.74) is 1.76. The molecule has 1 unspecified atom stereocenters. The summed E-state index contributed by atoms with van der Waals surface area (Å²) in [4.78, 5) is 4.25. The van der Waals surface area contributed by atoms with E-state index >= 15 is 0 Å². The van der Waals surface area contributed by atoms with Gasteiger partial charge in [-0.2, -0.15) is 0 Å². The lowest BCUT2D eigenvalue weighted by atomic mass is 9.94. The molecule has 0 radical (unpaired) electrons. The van der Waals surface area contributed by atoms with Crippen molar-refractivity contribution in [1.82, 2.24) is 4.98 Å². The maximum absolute atomic E-state index is 10.2. The van der Waals surface area contributed by atoms with E-state index < -0.39 is 6.10 Å². The lowest BCUT2D eigenvalue weighted by Gasteiger charge is -2.18. The molecule has 1 aliphatic carbocycles.